The van der Waals surface area contributed by atoms with Gasteiger partial charge in [-0.05, 0) is 24.5 Å². The molecular weight excluding hydrogens is 546 g/mol. The zero-order valence-electron chi connectivity index (χ0n) is 16.3. The van der Waals surface area contributed by atoms with Gasteiger partial charge in [0.2, 0.25) is 0 Å². The maximum atomic E-state index is 13.8. The average molecular weight is 570 g/mol. The molecule has 1 atom stereocenters. The molecule has 0 aromatic heterocycles. The van der Waals surface area contributed by atoms with Gasteiger partial charge in [0.05, 0.1) is 0 Å². The molecule has 1 aliphatic rings. The predicted molar refractivity (Wildman–Crippen MR) is 114 cm³/mol. The van der Waals surface area contributed by atoms with Gasteiger partial charge in [-0.3, -0.25) is 4.99 Å². The molecule has 0 radical (unpaired) electrons. The van der Waals surface area contributed by atoms with Crippen molar-refractivity contribution in [1.29, 1.82) is 0 Å². The van der Waals surface area contributed by atoms with Crippen LogP contribution in [0.5, 0.6) is 0 Å². The number of nitrogens with zero attached hydrogens (tertiary/aromatic N) is 2. The van der Waals surface area contributed by atoms with Crippen molar-refractivity contribution in [3.8, 4) is 0 Å². The summed E-state index contributed by atoms with van der Waals surface area (Å²) in [5, 5.41) is 6.02. The van der Waals surface area contributed by atoms with Crippen molar-refractivity contribution in [3.63, 3.8) is 0 Å². The quantitative estimate of drug-likeness (QED) is 0.247. The monoisotopic (exact) mass is 570 g/mol. The molecule has 2 rings (SSSR count). The number of aliphatic imine (C=N–C) groups is 1. The molecule has 1 aromatic carbocycles. The summed E-state index contributed by atoms with van der Waals surface area (Å²) in [5.41, 5.74) is -4.98. The summed E-state index contributed by atoms with van der Waals surface area (Å²) >= 11 is 0. The molecule has 1 saturated heterocycles. The van der Waals surface area contributed by atoms with Gasteiger partial charge in [-0.25, -0.2) is 17.2 Å². The molecule has 1 unspecified atom stereocenters. The molecule has 30 heavy (non-hydrogen) atoms. The molecule has 1 heterocycles. The Kier molecular flexibility index (Phi) is 9.73. The Morgan fingerprint density at radius 3 is 2.37 bits per heavy atom. The number of piperidine rings is 1. The molecule has 6 nitrogen and oxygen atoms in total. The summed E-state index contributed by atoms with van der Waals surface area (Å²) in [6, 6.07) is 3.08. The summed E-state index contributed by atoms with van der Waals surface area (Å²) in [5.74, 6) is -1.26. The summed E-state index contributed by atoms with van der Waals surface area (Å²) < 4.78 is 88.1. The van der Waals surface area contributed by atoms with E-state index in [1.807, 2.05) is 0 Å². The number of benzene rings is 1. The molecule has 0 aliphatic carbocycles. The topological polar surface area (TPSA) is 73.8 Å². The zero-order valence-corrected chi connectivity index (χ0v) is 19.5. The van der Waals surface area contributed by atoms with Crippen molar-refractivity contribution >= 4 is 40.0 Å². The van der Waals surface area contributed by atoms with Crippen LogP contribution in [-0.4, -0.2) is 56.9 Å². The smallest absolute Gasteiger partial charge is 0.356 e. The lowest BCUT2D eigenvalue weighted by Gasteiger charge is -2.32. The van der Waals surface area contributed by atoms with Crippen molar-refractivity contribution in [3.05, 3.63) is 35.4 Å². The second-order valence-electron chi connectivity index (χ2n) is 6.79. The minimum atomic E-state index is -5.32. The Bertz CT molecular complexity index is 843. The van der Waals surface area contributed by atoms with Gasteiger partial charge in [0.15, 0.2) is 5.96 Å². The Morgan fingerprint density at radius 1 is 1.27 bits per heavy atom. The number of sulfonamides is 1. The molecule has 1 aromatic rings. The van der Waals surface area contributed by atoms with Gasteiger partial charge in [-0.15, -0.1) is 24.0 Å². The highest BCUT2D eigenvalue weighted by Gasteiger charge is 2.50. The highest BCUT2D eigenvalue weighted by Crippen LogP contribution is 2.29. The van der Waals surface area contributed by atoms with E-state index in [1.54, 1.807) is 6.92 Å². The third-order valence-corrected chi connectivity index (χ3v) is 6.35. The molecule has 0 amide bonds. The molecule has 0 spiro atoms. The van der Waals surface area contributed by atoms with Gasteiger partial charge in [0.25, 0.3) is 0 Å². The SMILES string of the molecule is CN=C(NCC(C)c1ccc(F)cc1F)NC1CCN(S(=O)(=O)C(F)(F)F)CC1.I. The molecule has 172 valence electrons. The number of alkyl halides is 3. The van der Waals surface area contributed by atoms with Crippen LogP contribution in [0.3, 0.4) is 0 Å². The van der Waals surface area contributed by atoms with Crippen LogP contribution in [0, 0.1) is 11.6 Å². The summed E-state index contributed by atoms with van der Waals surface area (Å²) in [7, 11) is -3.82. The third-order valence-electron chi connectivity index (χ3n) is 4.72. The van der Waals surface area contributed by atoms with Crippen molar-refractivity contribution in [1.82, 2.24) is 14.9 Å². The van der Waals surface area contributed by atoms with E-state index in [0.717, 1.165) is 6.07 Å². The van der Waals surface area contributed by atoms with E-state index in [9.17, 15) is 30.4 Å². The van der Waals surface area contributed by atoms with Gasteiger partial charge < -0.3 is 10.6 Å². The standard InChI is InChI=1S/C17H23F5N4O2S.HI/c1-11(14-4-3-12(18)9-15(14)19)10-24-16(23-2)25-13-5-7-26(8-6-13)29(27,28)17(20,21)22;/h3-4,9,11,13H,5-8,10H2,1-2H3,(H2,23,24,25);1H. The summed E-state index contributed by atoms with van der Waals surface area (Å²) in [4.78, 5) is 4.02. The van der Waals surface area contributed by atoms with Gasteiger partial charge in [0, 0.05) is 44.7 Å². The first-order valence-corrected chi connectivity index (χ1v) is 10.4. The Balaban J connectivity index is 0.00000450. The highest BCUT2D eigenvalue weighted by atomic mass is 127. The van der Waals surface area contributed by atoms with Crippen LogP contribution in [0.4, 0.5) is 22.0 Å². The minimum Gasteiger partial charge on any atom is -0.356 e. The molecule has 0 saturated carbocycles. The predicted octanol–water partition coefficient (Wildman–Crippen LogP) is 3.17. The number of guanidine groups is 1. The fourth-order valence-corrected chi connectivity index (χ4v) is 4.02. The fraction of sp³-hybridized carbons (Fsp3) is 0.588. The first-order valence-electron chi connectivity index (χ1n) is 8.94. The van der Waals surface area contributed by atoms with E-state index >= 15 is 0 Å². The van der Waals surface area contributed by atoms with Crippen LogP contribution in [-0.2, 0) is 10.0 Å². The van der Waals surface area contributed by atoms with Gasteiger partial charge >= 0.3 is 15.5 Å². The Morgan fingerprint density at radius 2 is 1.87 bits per heavy atom. The van der Waals surface area contributed by atoms with Crippen molar-refractivity contribution < 1.29 is 30.4 Å². The van der Waals surface area contributed by atoms with Crippen LogP contribution >= 0.6 is 24.0 Å². The van der Waals surface area contributed by atoms with Crippen LogP contribution in [0.1, 0.15) is 31.2 Å². The zero-order chi connectivity index (χ0) is 21.8. The maximum Gasteiger partial charge on any atom is 0.511 e. The molecule has 1 fully saturated rings. The largest absolute Gasteiger partial charge is 0.511 e. The lowest BCUT2D eigenvalue weighted by Crippen LogP contribution is -2.52. The Hall–Kier alpha value is -1.22. The van der Waals surface area contributed by atoms with E-state index in [1.165, 1.54) is 19.2 Å². The van der Waals surface area contributed by atoms with Gasteiger partial charge in [-0.1, -0.05) is 13.0 Å². The van der Waals surface area contributed by atoms with Gasteiger partial charge in [-0.2, -0.15) is 17.5 Å². The molecular formula is C17H24F5IN4O2S. The lowest BCUT2D eigenvalue weighted by atomic mass is 10.0. The summed E-state index contributed by atoms with van der Waals surface area (Å²) in [6.45, 7) is 1.52. The van der Waals surface area contributed by atoms with E-state index in [2.05, 4.69) is 15.6 Å². The van der Waals surface area contributed by atoms with Crippen LogP contribution < -0.4 is 10.6 Å². The number of rotatable bonds is 5. The number of hydrogen-bond acceptors (Lipinski definition) is 3. The maximum absolute atomic E-state index is 13.8. The highest BCUT2D eigenvalue weighted by molar-refractivity contribution is 14.0. The average Bonchev–Trinajstić information content (AvgIpc) is 2.64. The fourth-order valence-electron chi connectivity index (χ4n) is 3.04. The number of nitrogens with one attached hydrogen (secondary N) is 2. The number of halogens is 6. The van der Waals surface area contributed by atoms with Crippen LogP contribution in [0.15, 0.2) is 23.2 Å². The first-order chi connectivity index (χ1) is 13.5. The van der Waals surface area contributed by atoms with E-state index in [-0.39, 0.29) is 68.4 Å². The number of hydrogen-bond donors (Lipinski definition) is 2. The molecule has 1 aliphatic heterocycles. The van der Waals surface area contributed by atoms with Crippen LogP contribution in [0.2, 0.25) is 0 Å². The molecule has 2 N–H and O–H groups in total. The van der Waals surface area contributed by atoms with E-state index in [0.29, 0.717) is 15.8 Å². The van der Waals surface area contributed by atoms with Crippen LogP contribution in [0.25, 0.3) is 0 Å². The van der Waals surface area contributed by atoms with E-state index < -0.39 is 27.2 Å². The first kappa shape index (κ1) is 26.8. The van der Waals surface area contributed by atoms with Crippen molar-refractivity contribution in [2.75, 3.05) is 26.7 Å². The molecule has 0 bridgehead atoms. The molecule has 13 heteroatoms. The summed E-state index contributed by atoms with van der Waals surface area (Å²) in [6.07, 6.45) is 0.357. The second kappa shape index (κ2) is 10.9. The third kappa shape index (κ3) is 6.64. The van der Waals surface area contributed by atoms with E-state index in [4.69, 9.17) is 0 Å². The normalized spacial score (nSPS) is 17.9. The Labute approximate surface area is 189 Å². The minimum absolute atomic E-state index is 0. The van der Waals surface area contributed by atoms with Crippen molar-refractivity contribution in [2.24, 2.45) is 4.99 Å². The second-order valence-corrected chi connectivity index (χ2v) is 8.72. The lowest BCUT2D eigenvalue weighted by molar-refractivity contribution is -0.0494. The van der Waals surface area contributed by atoms with Gasteiger partial charge in [0.1, 0.15) is 11.6 Å². The van der Waals surface area contributed by atoms with Crippen molar-refractivity contribution in [2.45, 2.75) is 37.2 Å².